The smallest absolute Gasteiger partial charge is 0.326 e. The van der Waals surface area contributed by atoms with E-state index in [2.05, 4.69) is 22.3 Å². The van der Waals surface area contributed by atoms with Gasteiger partial charge in [0.05, 0.1) is 0 Å². The molecule has 0 fully saturated rings. The number of rotatable bonds is 13. The number of Topliss-reactive ketones (excluding diaryl/α,β-unsaturated/α-hetero) is 1. The van der Waals surface area contributed by atoms with Crippen LogP contribution in [-0.2, 0) is 17.9 Å². The molecule has 1 atom stereocenters. The predicted octanol–water partition coefficient (Wildman–Crippen LogP) is 6.61. The molecule has 4 aromatic rings. The summed E-state index contributed by atoms with van der Waals surface area (Å²) in [6.45, 7) is 4.63. The van der Waals surface area contributed by atoms with E-state index in [1.807, 2.05) is 92.0 Å². The van der Waals surface area contributed by atoms with E-state index < -0.39 is 17.9 Å². The number of hydrogen-bond donors (Lipinski definition) is 2. The van der Waals surface area contributed by atoms with Crippen molar-refractivity contribution in [2.75, 3.05) is 16.9 Å². The minimum absolute atomic E-state index is 0.00570. The van der Waals surface area contributed by atoms with Gasteiger partial charge in [0.1, 0.15) is 6.04 Å². The molecule has 0 saturated carbocycles. The Morgan fingerprint density at radius 1 is 0.929 bits per heavy atom. The zero-order valence-corrected chi connectivity index (χ0v) is 24.8. The normalized spacial score (nSPS) is 11.3. The van der Waals surface area contributed by atoms with Gasteiger partial charge in [-0.15, -0.1) is 0 Å². The number of nitrogens with zero attached hydrogens (tertiary/aromatic N) is 1. The number of benzene rings is 3. The van der Waals surface area contributed by atoms with Gasteiger partial charge in [-0.2, -0.15) is 11.8 Å². The number of thioether (sulfide) groups is 1. The Morgan fingerprint density at radius 3 is 2.40 bits per heavy atom. The lowest BCUT2D eigenvalue weighted by atomic mass is 9.93. The first-order valence-electron chi connectivity index (χ1n) is 13.7. The highest BCUT2D eigenvalue weighted by Crippen LogP contribution is 2.30. The largest absolute Gasteiger partial charge is 0.480 e. The van der Waals surface area contributed by atoms with E-state index in [1.54, 1.807) is 13.0 Å². The molecule has 0 aromatic heterocycles. The third-order valence-corrected chi connectivity index (χ3v) is 7.71. The van der Waals surface area contributed by atoms with Crippen molar-refractivity contribution in [1.82, 2.24) is 5.32 Å². The fourth-order valence-corrected chi connectivity index (χ4v) is 5.26. The fraction of sp³-hybridized carbons (Fsp3) is 0.229. The Bertz CT molecular complexity index is 1550. The number of carbonyl (C=O) groups is 3. The summed E-state index contributed by atoms with van der Waals surface area (Å²) in [4.78, 5) is 39.7. The molecule has 0 bridgehead atoms. The van der Waals surface area contributed by atoms with Crippen LogP contribution in [0.3, 0.4) is 0 Å². The molecule has 214 valence electrons. The molecule has 0 aliphatic heterocycles. The third-order valence-electron chi connectivity index (χ3n) is 7.06. The minimum Gasteiger partial charge on any atom is -0.480 e. The van der Waals surface area contributed by atoms with Gasteiger partial charge in [0, 0.05) is 29.9 Å². The van der Waals surface area contributed by atoms with Crippen LogP contribution < -0.4 is 10.2 Å². The van der Waals surface area contributed by atoms with Gasteiger partial charge in [0.25, 0.3) is 5.91 Å². The van der Waals surface area contributed by atoms with Crippen LogP contribution in [0, 0.1) is 19.1 Å². The zero-order valence-electron chi connectivity index (χ0n) is 24.0. The van der Waals surface area contributed by atoms with E-state index >= 15 is 0 Å². The van der Waals surface area contributed by atoms with Crippen molar-refractivity contribution in [2.45, 2.75) is 39.4 Å². The maximum absolute atomic E-state index is 13.5. The number of carboxylic acids is 1. The summed E-state index contributed by atoms with van der Waals surface area (Å²) >= 11 is 1.54. The van der Waals surface area contributed by atoms with E-state index in [9.17, 15) is 19.5 Å². The van der Waals surface area contributed by atoms with Crippen LogP contribution in [0.15, 0.2) is 84.9 Å². The standard InChI is InChI=1S/C35H34N2O4S/c1-24-10-7-8-15-30(24)32-20-27(16-17-31(32)34(39)36-33(35(40)41)18-19-42-3)23-37(22-26-11-5-4-6-12-26)29-14-9-13-28(21-29)25(2)38/h5,7-17,20-21,33H,18-19,22-23H2,1-3H3,(H,36,39)(H,40,41)/t33-/m0/s1. The highest BCUT2D eigenvalue weighted by Gasteiger charge is 2.23. The number of carboxylic acid groups (broad SMARTS) is 1. The Balaban J connectivity index is 1.74. The lowest BCUT2D eigenvalue weighted by Crippen LogP contribution is -2.41. The second-order valence-corrected chi connectivity index (χ2v) is 11.1. The highest BCUT2D eigenvalue weighted by molar-refractivity contribution is 7.98. The van der Waals surface area contributed by atoms with E-state index in [0.29, 0.717) is 36.4 Å². The number of amides is 1. The molecular formula is C35H34N2O4S. The van der Waals surface area contributed by atoms with Crippen molar-refractivity contribution in [3.05, 3.63) is 125 Å². The lowest BCUT2D eigenvalue weighted by Gasteiger charge is -2.26. The van der Waals surface area contributed by atoms with Crippen LogP contribution in [0.4, 0.5) is 5.69 Å². The predicted molar refractivity (Wildman–Crippen MR) is 169 cm³/mol. The monoisotopic (exact) mass is 578 g/mol. The van der Waals surface area contributed by atoms with Crippen LogP contribution in [0.25, 0.3) is 11.1 Å². The summed E-state index contributed by atoms with van der Waals surface area (Å²) in [6, 6.07) is 31.8. The topological polar surface area (TPSA) is 86.7 Å². The first-order valence-corrected chi connectivity index (χ1v) is 15.1. The molecule has 42 heavy (non-hydrogen) atoms. The Kier molecular flexibility index (Phi) is 10.4. The summed E-state index contributed by atoms with van der Waals surface area (Å²) < 4.78 is 0. The Labute approximate surface area is 251 Å². The molecule has 0 unspecified atom stereocenters. The SMILES string of the molecule is CSCC[C@H](NC(=O)c1ccc(CN(Cc2cc#ccc2)c2cccc(C(C)=O)c2)cc1-c1ccccc1C)C(=O)O. The molecule has 0 aliphatic carbocycles. The molecule has 7 heteroatoms. The molecule has 0 heterocycles. The van der Waals surface area contributed by atoms with Crippen LogP contribution >= 0.6 is 11.8 Å². The molecular weight excluding hydrogens is 544 g/mol. The summed E-state index contributed by atoms with van der Waals surface area (Å²) in [7, 11) is 0. The van der Waals surface area contributed by atoms with E-state index in [4.69, 9.17) is 0 Å². The number of nitrogens with one attached hydrogen (secondary N) is 1. The van der Waals surface area contributed by atoms with Gasteiger partial charge < -0.3 is 15.3 Å². The van der Waals surface area contributed by atoms with Crippen LogP contribution in [0.5, 0.6) is 0 Å². The maximum Gasteiger partial charge on any atom is 0.326 e. The second kappa shape index (κ2) is 14.4. The molecule has 0 saturated heterocycles. The lowest BCUT2D eigenvalue weighted by molar-refractivity contribution is -0.139. The first-order chi connectivity index (χ1) is 20.3. The van der Waals surface area contributed by atoms with Gasteiger partial charge in [0.2, 0.25) is 0 Å². The average molecular weight is 579 g/mol. The van der Waals surface area contributed by atoms with Crippen molar-refractivity contribution in [1.29, 1.82) is 0 Å². The maximum atomic E-state index is 13.5. The van der Waals surface area contributed by atoms with Gasteiger partial charge >= 0.3 is 5.97 Å². The second-order valence-electron chi connectivity index (χ2n) is 10.1. The van der Waals surface area contributed by atoms with Crippen molar-refractivity contribution >= 4 is 35.1 Å². The molecule has 4 rings (SSSR count). The summed E-state index contributed by atoms with van der Waals surface area (Å²) in [6.07, 6.45) is 2.24. The van der Waals surface area contributed by atoms with E-state index in [1.165, 1.54) is 11.8 Å². The molecule has 6 nitrogen and oxygen atoms in total. The number of ketones is 1. The number of hydrogen-bond acceptors (Lipinski definition) is 5. The van der Waals surface area contributed by atoms with Crippen LogP contribution in [0.2, 0.25) is 0 Å². The summed E-state index contributed by atoms with van der Waals surface area (Å²) in [5.74, 6) is -0.853. The van der Waals surface area contributed by atoms with Gasteiger partial charge in [-0.1, -0.05) is 54.6 Å². The molecule has 4 aromatic carbocycles. The number of aliphatic carboxylic acids is 1. The highest BCUT2D eigenvalue weighted by atomic mass is 32.2. The summed E-state index contributed by atoms with van der Waals surface area (Å²) in [5, 5.41) is 12.4. The molecule has 0 radical (unpaired) electrons. The molecule has 2 N–H and O–H groups in total. The van der Waals surface area contributed by atoms with Gasteiger partial charge in [-0.05, 0) is 103 Å². The van der Waals surface area contributed by atoms with Gasteiger partial charge in [-0.25, -0.2) is 4.79 Å². The first kappa shape index (κ1) is 30.4. The summed E-state index contributed by atoms with van der Waals surface area (Å²) in [5.41, 5.74) is 6.59. The Hall–Kier alpha value is -4.54. The van der Waals surface area contributed by atoms with Crippen molar-refractivity contribution in [3.8, 4) is 11.1 Å². The van der Waals surface area contributed by atoms with Crippen molar-refractivity contribution in [2.24, 2.45) is 0 Å². The van der Waals surface area contributed by atoms with Crippen LogP contribution in [-0.4, -0.2) is 40.8 Å². The van der Waals surface area contributed by atoms with Crippen LogP contribution in [0.1, 0.15) is 50.8 Å². The zero-order chi connectivity index (χ0) is 30.1. The van der Waals surface area contributed by atoms with Gasteiger partial charge in [-0.3, -0.25) is 9.59 Å². The molecule has 0 spiro atoms. The van der Waals surface area contributed by atoms with E-state index in [-0.39, 0.29) is 5.78 Å². The quantitative estimate of drug-likeness (QED) is 0.174. The van der Waals surface area contributed by atoms with Crippen molar-refractivity contribution < 1.29 is 19.5 Å². The average Bonchev–Trinajstić information content (AvgIpc) is 2.99. The number of anilines is 1. The number of aryl methyl sites for hydroxylation is 1. The fourth-order valence-electron chi connectivity index (χ4n) is 4.79. The van der Waals surface area contributed by atoms with E-state index in [0.717, 1.165) is 33.5 Å². The van der Waals surface area contributed by atoms with Crippen molar-refractivity contribution in [3.63, 3.8) is 0 Å². The Morgan fingerprint density at radius 2 is 1.71 bits per heavy atom. The minimum atomic E-state index is -1.05. The molecule has 0 aliphatic rings. The number of carbonyl (C=O) groups excluding carboxylic acids is 2. The van der Waals surface area contributed by atoms with Gasteiger partial charge in [0.15, 0.2) is 5.78 Å². The molecule has 1 amide bonds. The third kappa shape index (κ3) is 7.80.